The fourth-order valence-electron chi connectivity index (χ4n) is 2.10. The van der Waals surface area contributed by atoms with Crippen LogP contribution in [0.1, 0.15) is 18.2 Å². The van der Waals surface area contributed by atoms with E-state index in [-0.39, 0.29) is 17.8 Å². The van der Waals surface area contributed by atoms with E-state index < -0.39 is 36.3 Å². The molecule has 1 aromatic heterocycles. The number of hydrogen-bond acceptors (Lipinski definition) is 6. The quantitative estimate of drug-likeness (QED) is 0.385. The number of hydrogen-bond donors (Lipinski definition) is 3. The van der Waals surface area contributed by atoms with Crippen LogP contribution < -0.4 is 11.2 Å². The standard InChI is InChI=1S/C10H13N5O5/c1-4-8(13-14-11)15(10(19)12-9(4)18)7-2-5(17)6(3-16)20-7/h5-7,16-17H,2-3H2,1H3,(H,12,18,19)/t5-,6+,7+/m0/s1. The number of aromatic amines is 1. The van der Waals surface area contributed by atoms with E-state index in [0.29, 0.717) is 0 Å². The first-order valence-electron chi connectivity index (χ1n) is 5.84. The molecule has 0 radical (unpaired) electrons. The number of aliphatic hydroxyl groups is 2. The average Bonchev–Trinajstić information content (AvgIpc) is 2.76. The lowest BCUT2D eigenvalue weighted by Gasteiger charge is -2.17. The summed E-state index contributed by atoms with van der Waals surface area (Å²) < 4.78 is 6.30. The SMILES string of the molecule is Cc1c(N=[N+]=[N-])n([C@H]2C[C@H](O)[C@@H](CO)O2)c(=O)[nH]c1=O. The molecule has 10 heteroatoms. The zero-order valence-electron chi connectivity index (χ0n) is 10.6. The van der Waals surface area contributed by atoms with Gasteiger partial charge in [0.25, 0.3) is 5.56 Å². The van der Waals surface area contributed by atoms with Crippen LogP contribution in [0.4, 0.5) is 5.82 Å². The maximum Gasteiger partial charge on any atom is 0.330 e. The normalized spacial score (nSPS) is 25.4. The van der Waals surface area contributed by atoms with Crippen LogP contribution in [0.3, 0.4) is 0 Å². The van der Waals surface area contributed by atoms with Gasteiger partial charge in [-0.3, -0.25) is 14.3 Å². The minimum Gasteiger partial charge on any atom is -0.394 e. The number of H-pyrrole nitrogens is 1. The third-order valence-electron chi connectivity index (χ3n) is 3.15. The summed E-state index contributed by atoms with van der Waals surface area (Å²) in [6.45, 7) is 0.985. The molecule has 108 valence electrons. The maximum absolute atomic E-state index is 11.9. The number of aliphatic hydroxyl groups excluding tert-OH is 2. The smallest absolute Gasteiger partial charge is 0.330 e. The number of rotatable bonds is 3. The molecule has 0 aromatic carbocycles. The highest BCUT2D eigenvalue weighted by Crippen LogP contribution is 2.30. The molecule has 1 aliphatic rings. The lowest BCUT2D eigenvalue weighted by molar-refractivity contribution is -0.0453. The Hall–Kier alpha value is -2.13. The third kappa shape index (κ3) is 2.32. The Morgan fingerprint density at radius 1 is 1.60 bits per heavy atom. The highest BCUT2D eigenvalue weighted by atomic mass is 16.5. The molecule has 1 fully saturated rings. The van der Waals surface area contributed by atoms with Gasteiger partial charge in [0.2, 0.25) is 0 Å². The van der Waals surface area contributed by atoms with Crippen LogP contribution in [-0.2, 0) is 4.74 Å². The molecule has 1 saturated heterocycles. The molecule has 3 atom stereocenters. The van der Waals surface area contributed by atoms with Crippen LogP contribution in [0.25, 0.3) is 10.4 Å². The molecule has 0 aliphatic carbocycles. The minimum atomic E-state index is -0.956. The van der Waals surface area contributed by atoms with Gasteiger partial charge in [0, 0.05) is 16.9 Å². The lowest BCUT2D eigenvalue weighted by atomic mass is 10.2. The second-order valence-electron chi connectivity index (χ2n) is 4.38. The predicted octanol–water partition coefficient (Wildman–Crippen LogP) is -0.572. The van der Waals surface area contributed by atoms with Crippen LogP contribution in [0.15, 0.2) is 14.7 Å². The molecular formula is C10H13N5O5. The molecule has 1 aromatic rings. The van der Waals surface area contributed by atoms with Crippen molar-refractivity contribution in [2.24, 2.45) is 5.11 Å². The Labute approximate surface area is 111 Å². The summed E-state index contributed by atoms with van der Waals surface area (Å²) in [5, 5.41) is 22.1. The Balaban J connectivity index is 2.57. The Bertz CT molecular complexity index is 674. The molecule has 3 N–H and O–H groups in total. The van der Waals surface area contributed by atoms with Crippen molar-refractivity contribution in [3.63, 3.8) is 0 Å². The number of aromatic nitrogens is 2. The van der Waals surface area contributed by atoms with Crippen molar-refractivity contribution in [3.8, 4) is 0 Å². The van der Waals surface area contributed by atoms with Crippen LogP contribution in [-0.4, -0.2) is 38.6 Å². The second-order valence-corrected chi connectivity index (χ2v) is 4.38. The maximum atomic E-state index is 11.9. The summed E-state index contributed by atoms with van der Waals surface area (Å²) in [6.07, 6.45) is -2.68. The van der Waals surface area contributed by atoms with Gasteiger partial charge in [0.15, 0.2) is 0 Å². The van der Waals surface area contributed by atoms with Gasteiger partial charge < -0.3 is 14.9 Å². The first-order valence-corrected chi connectivity index (χ1v) is 5.84. The molecule has 0 amide bonds. The Morgan fingerprint density at radius 2 is 2.30 bits per heavy atom. The van der Waals surface area contributed by atoms with Gasteiger partial charge in [-0.2, -0.15) is 0 Å². The van der Waals surface area contributed by atoms with E-state index in [1.165, 1.54) is 6.92 Å². The van der Waals surface area contributed by atoms with Crippen LogP contribution in [0.2, 0.25) is 0 Å². The average molecular weight is 283 g/mol. The van der Waals surface area contributed by atoms with Gasteiger partial charge in [-0.1, -0.05) is 0 Å². The molecule has 10 nitrogen and oxygen atoms in total. The lowest BCUT2D eigenvalue weighted by Crippen LogP contribution is -2.34. The van der Waals surface area contributed by atoms with Gasteiger partial charge in [-0.05, 0) is 17.6 Å². The molecule has 2 heterocycles. The van der Waals surface area contributed by atoms with Crippen molar-refractivity contribution in [1.29, 1.82) is 0 Å². The predicted molar refractivity (Wildman–Crippen MR) is 66.5 cm³/mol. The van der Waals surface area contributed by atoms with E-state index in [0.717, 1.165) is 4.57 Å². The van der Waals surface area contributed by atoms with Gasteiger partial charge in [-0.15, -0.1) is 0 Å². The molecule has 0 bridgehead atoms. The highest BCUT2D eigenvalue weighted by Gasteiger charge is 2.36. The molecule has 20 heavy (non-hydrogen) atoms. The van der Waals surface area contributed by atoms with Crippen molar-refractivity contribution in [3.05, 3.63) is 36.8 Å². The van der Waals surface area contributed by atoms with Gasteiger partial charge in [0.05, 0.1) is 12.7 Å². The van der Waals surface area contributed by atoms with Gasteiger partial charge >= 0.3 is 5.69 Å². The fraction of sp³-hybridized carbons (Fsp3) is 0.600. The first-order chi connectivity index (χ1) is 9.49. The Morgan fingerprint density at radius 3 is 2.85 bits per heavy atom. The van der Waals surface area contributed by atoms with Crippen molar-refractivity contribution in [1.82, 2.24) is 9.55 Å². The monoisotopic (exact) mass is 283 g/mol. The molecule has 0 saturated carbocycles. The van der Waals surface area contributed by atoms with Crippen molar-refractivity contribution >= 4 is 5.82 Å². The van der Waals surface area contributed by atoms with Gasteiger partial charge in [-0.25, -0.2) is 4.79 Å². The summed E-state index contributed by atoms with van der Waals surface area (Å²) in [6, 6.07) is 0. The van der Waals surface area contributed by atoms with E-state index in [1.807, 2.05) is 0 Å². The zero-order chi connectivity index (χ0) is 14.9. The van der Waals surface area contributed by atoms with E-state index in [4.69, 9.17) is 15.4 Å². The summed E-state index contributed by atoms with van der Waals surface area (Å²) in [7, 11) is 0. The summed E-state index contributed by atoms with van der Waals surface area (Å²) >= 11 is 0. The highest BCUT2D eigenvalue weighted by molar-refractivity contribution is 5.36. The summed E-state index contributed by atoms with van der Waals surface area (Å²) in [4.78, 5) is 28.0. The number of nitrogens with one attached hydrogen (secondary N) is 1. The third-order valence-corrected chi connectivity index (χ3v) is 3.15. The zero-order valence-corrected chi connectivity index (χ0v) is 10.6. The minimum absolute atomic E-state index is 0.0323. The summed E-state index contributed by atoms with van der Waals surface area (Å²) in [5.74, 6) is -0.169. The number of ether oxygens (including phenoxy) is 1. The molecule has 0 unspecified atom stereocenters. The van der Waals surface area contributed by atoms with Crippen molar-refractivity contribution in [2.75, 3.05) is 6.61 Å². The second kappa shape index (κ2) is 5.47. The van der Waals surface area contributed by atoms with E-state index in [1.54, 1.807) is 0 Å². The fourth-order valence-corrected chi connectivity index (χ4v) is 2.10. The topological polar surface area (TPSA) is 153 Å². The van der Waals surface area contributed by atoms with Crippen LogP contribution in [0, 0.1) is 6.92 Å². The number of azide groups is 1. The van der Waals surface area contributed by atoms with Crippen LogP contribution >= 0.6 is 0 Å². The van der Waals surface area contributed by atoms with Gasteiger partial charge in [0.1, 0.15) is 18.1 Å². The molecule has 0 spiro atoms. The molecule has 1 aliphatic heterocycles. The van der Waals surface area contributed by atoms with E-state index in [2.05, 4.69) is 15.0 Å². The molecular weight excluding hydrogens is 270 g/mol. The van der Waals surface area contributed by atoms with E-state index >= 15 is 0 Å². The number of nitrogens with zero attached hydrogens (tertiary/aromatic N) is 4. The van der Waals surface area contributed by atoms with Crippen molar-refractivity contribution < 1.29 is 14.9 Å². The Kier molecular flexibility index (Phi) is 3.91. The van der Waals surface area contributed by atoms with E-state index in [9.17, 15) is 14.7 Å². The molecule has 2 rings (SSSR count). The van der Waals surface area contributed by atoms with Crippen LogP contribution in [0.5, 0.6) is 0 Å². The van der Waals surface area contributed by atoms with Crippen molar-refractivity contribution in [2.45, 2.75) is 31.8 Å². The largest absolute Gasteiger partial charge is 0.394 e. The summed E-state index contributed by atoms with van der Waals surface area (Å²) in [5.41, 5.74) is 7.14. The first kappa shape index (κ1) is 14.3.